The maximum atomic E-state index is 14.0. The van der Waals surface area contributed by atoms with Crippen molar-refractivity contribution in [3.63, 3.8) is 0 Å². The number of aliphatic hydroxyl groups is 1. The van der Waals surface area contributed by atoms with E-state index in [-0.39, 0.29) is 18.3 Å². The van der Waals surface area contributed by atoms with Crippen LogP contribution in [0.1, 0.15) is 23.5 Å². The summed E-state index contributed by atoms with van der Waals surface area (Å²) in [5.74, 6) is 0.641. The van der Waals surface area contributed by atoms with E-state index in [0.717, 1.165) is 5.56 Å². The van der Waals surface area contributed by atoms with Crippen LogP contribution >= 0.6 is 0 Å². The van der Waals surface area contributed by atoms with Crippen molar-refractivity contribution >= 4 is 17.3 Å². The summed E-state index contributed by atoms with van der Waals surface area (Å²) in [5, 5.41) is 14.6. The lowest BCUT2D eigenvalue weighted by Gasteiger charge is -2.18. The Hall–Kier alpha value is -2.34. The Bertz CT molecular complexity index is 682. The third kappa shape index (κ3) is 2.90. The van der Waals surface area contributed by atoms with Gasteiger partial charge in [0.25, 0.3) is 0 Å². The van der Waals surface area contributed by atoms with Gasteiger partial charge in [-0.05, 0) is 36.2 Å². The number of benzene rings is 1. The Balaban J connectivity index is 1.76. The first kappa shape index (κ1) is 13.6. The van der Waals surface area contributed by atoms with Crippen LogP contribution in [0.2, 0.25) is 0 Å². The predicted octanol–water partition coefficient (Wildman–Crippen LogP) is 2.41. The van der Waals surface area contributed by atoms with Gasteiger partial charge in [-0.3, -0.25) is 4.79 Å². The van der Waals surface area contributed by atoms with E-state index in [1.165, 1.54) is 6.07 Å². The Morgan fingerprint density at radius 3 is 2.86 bits per heavy atom. The predicted molar refractivity (Wildman–Crippen MR) is 75.3 cm³/mol. The van der Waals surface area contributed by atoms with Crippen LogP contribution in [0.5, 0.6) is 0 Å². The van der Waals surface area contributed by atoms with Gasteiger partial charge in [0.2, 0.25) is 5.91 Å². The molecule has 3 rings (SSSR count). The van der Waals surface area contributed by atoms with Gasteiger partial charge in [-0.1, -0.05) is 0 Å². The number of carbonyl (C=O) groups is 1. The second-order valence-corrected chi connectivity index (χ2v) is 4.92. The highest BCUT2D eigenvalue weighted by atomic mass is 19.1. The molecule has 5 nitrogen and oxygen atoms in total. The minimum Gasteiger partial charge on any atom is -0.462 e. The molecule has 0 aliphatic carbocycles. The zero-order chi connectivity index (χ0) is 14.8. The van der Waals surface area contributed by atoms with E-state index in [2.05, 4.69) is 10.6 Å². The van der Waals surface area contributed by atoms with Crippen molar-refractivity contribution in [2.75, 3.05) is 10.6 Å². The highest BCUT2D eigenvalue weighted by Crippen LogP contribution is 2.29. The summed E-state index contributed by atoms with van der Waals surface area (Å²) in [6.07, 6.45) is 0.936. The molecular formula is C15H15FN2O3. The van der Waals surface area contributed by atoms with Crippen molar-refractivity contribution < 1.29 is 18.7 Å². The van der Waals surface area contributed by atoms with Crippen molar-refractivity contribution in [1.82, 2.24) is 0 Å². The second kappa shape index (κ2) is 5.57. The molecule has 0 bridgehead atoms. The fourth-order valence-corrected chi connectivity index (χ4v) is 2.32. The van der Waals surface area contributed by atoms with Crippen molar-refractivity contribution in [2.45, 2.75) is 26.0 Å². The highest BCUT2D eigenvalue weighted by molar-refractivity contribution is 5.94. The number of halogens is 1. The van der Waals surface area contributed by atoms with Gasteiger partial charge in [0.05, 0.1) is 12.2 Å². The maximum Gasteiger partial charge on any atom is 0.224 e. The summed E-state index contributed by atoms with van der Waals surface area (Å²) >= 11 is 0. The third-order valence-electron chi connectivity index (χ3n) is 3.41. The molecule has 3 N–H and O–H groups in total. The zero-order valence-corrected chi connectivity index (χ0v) is 11.3. The van der Waals surface area contributed by atoms with Gasteiger partial charge >= 0.3 is 0 Å². The molecule has 1 aliphatic heterocycles. The minimum atomic E-state index is -0.362. The van der Waals surface area contributed by atoms with Gasteiger partial charge in [-0.2, -0.15) is 0 Å². The molecule has 1 aromatic carbocycles. The number of rotatable bonds is 4. The minimum absolute atomic E-state index is 0.0568. The average Bonchev–Trinajstić information content (AvgIpc) is 2.93. The summed E-state index contributed by atoms with van der Waals surface area (Å²) in [4.78, 5) is 11.4. The number of amides is 1. The quantitative estimate of drug-likeness (QED) is 0.808. The van der Waals surface area contributed by atoms with Gasteiger partial charge in [0, 0.05) is 12.1 Å². The van der Waals surface area contributed by atoms with Crippen LogP contribution in [0.4, 0.5) is 15.8 Å². The molecule has 6 heteroatoms. The lowest BCUT2D eigenvalue weighted by molar-refractivity contribution is -0.116. The fourth-order valence-electron chi connectivity index (χ4n) is 2.32. The number of nitrogens with one attached hydrogen (secondary N) is 2. The number of aryl methyl sites for hydroxylation is 1. The number of fused-ring (bicyclic) bond motifs is 1. The molecule has 0 saturated carbocycles. The van der Waals surface area contributed by atoms with Crippen LogP contribution < -0.4 is 10.6 Å². The fraction of sp³-hybridized carbons (Fsp3) is 0.267. The van der Waals surface area contributed by atoms with Gasteiger partial charge in [-0.25, -0.2) is 4.39 Å². The van der Waals surface area contributed by atoms with Gasteiger partial charge in [0.15, 0.2) is 0 Å². The zero-order valence-electron chi connectivity index (χ0n) is 11.3. The first-order valence-corrected chi connectivity index (χ1v) is 6.70. The molecular weight excluding hydrogens is 275 g/mol. The normalized spacial score (nSPS) is 13.7. The molecule has 0 radical (unpaired) electrons. The molecule has 0 saturated heterocycles. The van der Waals surface area contributed by atoms with Gasteiger partial charge in [-0.15, -0.1) is 0 Å². The Labute approximate surface area is 120 Å². The molecule has 2 aromatic rings. The smallest absolute Gasteiger partial charge is 0.224 e. The Kier molecular flexibility index (Phi) is 3.62. The summed E-state index contributed by atoms with van der Waals surface area (Å²) in [7, 11) is 0. The highest BCUT2D eigenvalue weighted by Gasteiger charge is 2.17. The first-order valence-electron chi connectivity index (χ1n) is 6.70. The number of aliphatic hydroxyl groups excluding tert-OH is 1. The number of hydrogen-bond donors (Lipinski definition) is 3. The molecule has 0 fully saturated rings. The number of furan rings is 1. The summed E-state index contributed by atoms with van der Waals surface area (Å²) in [6.45, 7) is 0.128. The Morgan fingerprint density at radius 1 is 1.29 bits per heavy atom. The van der Waals surface area contributed by atoms with Crippen LogP contribution in [0.15, 0.2) is 28.7 Å². The van der Waals surface area contributed by atoms with E-state index in [1.54, 1.807) is 18.2 Å². The molecule has 0 spiro atoms. The molecule has 0 atom stereocenters. The summed E-state index contributed by atoms with van der Waals surface area (Å²) in [6, 6.07) is 6.42. The van der Waals surface area contributed by atoms with Crippen LogP contribution in [0, 0.1) is 5.82 Å². The molecule has 21 heavy (non-hydrogen) atoms. The van der Waals surface area contributed by atoms with Crippen LogP contribution in [-0.4, -0.2) is 11.0 Å². The second-order valence-electron chi connectivity index (χ2n) is 4.92. The molecule has 1 aliphatic rings. The number of carbonyl (C=O) groups excluding carboxylic acids is 1. The molecule has 0 unspecified atom stereocenters. The Morgan fingerprint density at radius 2 is 2.10 bits per heavy atom. The van der Waals surface area contributed by atoms with Crippen molar-refractivity contribution in [3.8, 4) is 0 Å². The van der Waals surface area contributed by atoms with Gasteiger partial charge < -0.3 is 20.2 Å². The lowest BCUT2D eigenvalue weighted by Crippen LogP contribution is -2.19. The molecule has 1 aromatic heterocycles. The summed E-state index contributed by atoms with van der Waals surface area (Å²) in [5.41, 5.74) is 1.75. The summed E-state index contributed by atoms with van der Waals surface area (Å²) < 4.78 is 19.3. The van der Waals surface area contributed by atoms with Crippen molar-refractivity contribution in [2.24, 2.45) is 0 Å². The maximum absolute atomic E-state index is 14.0. The van der Waals surface area contributed by atoms with E-state index >= 15 is 0 Å². The monoisotopic (exact) mass is 290 g/mol. The van der Waals surface area contributed by atoms with E-state index in [9.17, 15) is 9.18 Å². The molecule has 1 amide bonds. The van der Waals surface area contributed by atoms with Crippen LogP contribution in [-0.2, 0) is 24.4 Å². The van der Waals surface area contributed by atoms with E-state index in [0.29, 0.717) is 42.3 Å². The van der Waals surface area contributed by atoms with Gasteiger partial charge in [0.1, 0.15) is 23.9 Å². The van der Waals surface area contributed by atoms with E-state index < -0.39 is 0 Å². The standard InChI is InChI=1S/C15H15FN2O3/c16-12-5-9-1-4-15(20)18-13(9)6-14(12)17-7-10-2-3-11(8-19)21-10/h2-3,5-6,17,19H,1,4,7-8H2,(H,18,20). The lowest BCUT2D eigenvalue weighted by atomic mass is 10.0. The van der Waals surface area contributed by atoms with Crippen molar-refractivity contribution in [3.05, 3.63) is 47.2 Å². The van der Waals surface area contributed by atoms with E-state index in [1.807, 2.05) is 0 Å². The number of hydrogen-bond acceptors (Lipinski definition) is 4. The third-order valence-corrected chi connectivity index (χ3v) is 3.41. The van der Waals surface area contributed by atoms with Crippen molar-refractivity contribution in [1.29, 1.82) is 0 Å². The topological polar surface area (TPSA) is 74.5 Å². The first-order chi connectivity index (χ1) is 10.2. The number of anilines is 2. The van der Waals surface area contributed by atoms with E-state index in [4.69, 9.17) is 9.52 Å². The van der Waals surface area contributed by atoms with Crippen LogP contribution in [0.3, 0.4) is 0 Å². The largest absolute Gasteiger partial charge is 0.462 e. The SMILES string of the molecule is O=C1CCc2cc(F)c(NCc3ccc(CO)o3)cc2N1. The molecule has 2 heterocycles. The average molecular weight is 290 g/mol. The van der Waals surface area contributed by atoms with Crippen LogP contribution in [0.25, 0.3) is 0 Å². The molecule has 110 valence electrons.